The fourth-order valence-corrected chi connectivity index (χ4v) is 2.12. The van der Waals surface area contributed by atoms with E-state index in [1.165, 1.54) is 0 Å². The van der Waals surface area contributed by atoms with Crippen molar-refractivity contribution in [3.63, 3.8) is 0 Å². The van der Waals surface area contributed by atoms with Crippen LogP contribution in [0.15, 0.2) is 29.0 Å². The van der Waals surface area contributed by atoms with Gasteiger partial charge >= 0.3 is 0 Å². The minimum atomic E-state index is 0.250. The highest BCUT2D eigenvalue weighted by atomic mass is 16.5. The summed E-state index contributed by atoms with van der Waals surface area (Å²) >= 11 is 0. The fourth-order valence-electron chi connectivity index (χ4n) is 2.12. The third-order valence-corrected chi connectivity index (χ3v) is 3.38. The summed E-state index contributed by atoms with van der Waals surface area (Å²) in [6, 6.07) is 4.24. The third kappa shape index (κ3) is 3.38. The van der Waals surface area contributed by atoms with Gasteiger partial charge in [0.2, 0.25) is 5.89 Å². The van der Waals surface area contributed by atoms with E-state index in [2.05, 4.69) is 34.3 Å². The molecular formula is C14H20N4O. The second kappa shape index (κ2) is 6.43. The molecule has 2 heterocycles. The van der Waals surface area contributed by atoms with E-state index in [0.717, 1.165) is 12.0 Å². The molecular weight excluding hydrogens is 240 g/mol. The molecule has 0 bridgehead atoms. The number of nitrogens with zero attached hydrogens (tertiary/aromatic N) is 3. The lowest BCUT2D eigenvalue weighted by Gasteiger charge is -2.17. The number of hydrogen-bond acceptors (Lipinski definition) is 5. The summed E-state index contributed by atoms with van der Waals surface area (Å²) in [5, 5.41) is 7.29. The highest BCUT2D eigenvalue weighted by Crippen LogP contribution is 2.21. The van der Waals surface area contributed by atoms with Gasteiger partial charge in [0.25, 0.3) is 0 Å². The molecule has 1 N–H and O–H groups in total. The van der Waals surface area contributed by atoms with Crippen LogP contribution in [0.3, 0.4) is 0 Å². The average Bonchev–Trinajstić information content (AvgIpc) is 2.89. The highest BCUT2D eigenvalue weighted by molar-refractivity contribution is 5.14. The van der Waals surface area contributed by atoms with Gasteiger partial charge < -0.3 is 9.84 Å². The van der Waals surface area contributed by atoms with Crippen molar-refractivity contribution in [3.8, 4) is 0 Å². The van der Waals surface area contributed by atoms with Crippen molar-refractivity contribution in [2.45, 2.75) is 38.6 Å². The molecule has 0 saturated heterocycles. The number of aromatic nitrogens is 3. The first-order chi connectivity index (χ1) is 9.24. The summed E-state index contributed by atoms with van der Waals surface area (Å²) in [5.74, 6) is 1.67. The van der Waals surface area contributed by atoms with Gasteiger partial charge in [-0.05, 0) is 32.0 Å². The van der Waals surface area contributed by atoms with E-state index in [9.17, 15) is 0 Å². The summed E-state index contributed by atoms with van der Waals surface area (Å²) < 4.78 is 5.39. The van der Waals surface area contributed by atoms with Crippen LogP contribution in [0.4, 0.5) is 0 Å². The first-order valence-electron chi connectivity index (χ1n) is 6.63. The van der Waals surface area contributed by atoms with E-state index in [1.54, 1.807) is 6.20 Å². The van der Waals surface area contributed by atoms with Crippen molar-refractivity contribution in [1.29, 1.82) is 0 Å². The minimum absolute atomic E-state index is 0.250. The van der Waals surface area contributed by atoms with Crippen molar-refractivity contribution in [1.82, 2.24) is 20.4 Å². The van der Waals surface area contributed by atoms with Crippen LogP contribution in [0.25, 0.3) is 0 Å². The Kier molecular flexibility index (Phi) is 4.63. The van der Waals surface area contributed by atoms with Crippen molar-refractivity contribution in [2.24, 2.45) is 0 Å². The van der Waals surface area contributed by atoms with Gasteiger partial charge in [0.15, 0.2) is 5.82 Å². The zero-order valence-corrected chi connectivity index (χ0v) is 11.6. The number of nitrogens with one attached hydrogen (secondary N) is 1. The predicted octanol–water partition coefficient (Wildman–Crippen LogP) is 2.16. The van der Waals surface area contributed by atoms with E-state index in [-0.39, 0.29) is 5.92 Å². The van der Waals surface area contributed by atoms with Gasteiger partial charge in [0.1, 0.15) is 0 Å². The minimum Gasteiger partial charge on any atom is -0.339 e. The molecule has 0 saturated carbocycles. The number of pyridine rings is 1. The molecule has 2 unspecified atom stereocenters. The molecule has 0 aliphatic rings. The van der Waals surface area contributed by atoms with Gasteiger partial charge in [0, 0.05) is 24.9 Å². The van der Waals surface area contributed by atoms with Crippen LogP contribution in [-0.4, -0.2) is 28.2 Å². The van der Waals surface area contributed by atoms with Crippen molar-refractivity contribution in [3.05, 3.63) is 41.8 Å². The lowest BCUT2D eigenvalue weighted by molar-refractivity contribution is 0.320. The van der Waals surface area contributed by atoms with E-state index in [0.29, 0.717) is 24.2 Å². The molecule has 0 aliphatic carbocycles. The topological polar surface area (TPSA) is 63.8 Å². The zero-order chi connectivity index (χ0) is 13.7. The Balaban J connectivity index is 2.10. The standard InChI is InChI=1S/C14H20N4O/c1-4-12(10(2)15-3)14-17-13(18-19-14)8-11-6-5-7-16-9-11/h5-7,9-10,12,15H,4,8H2,1-3H3. The van der Waals surface area contributed by atoms with Crippen LogP contribution in [0, 0.1) is 0 Å². The maximum Gasteiger partial charge on any atom is 0.231 e. The molecule has 2 aromatic heterocycles. The Bertz CT molecular complexity index is 497. The van der Waals surface area contributed by atoms with Crippen LogP contribution in [0.5, 0.6) is 0 Å². The number of rotatable bonds is 6. The van der Waals surface area contributed by atoms with Crippen molar-refractivity contribution < 1.29 is 4.52 Å². The van der Waals surface area contributed by atoms with Crippen molar-refractivity contribution >= 4 is 0 Å². The monoisotopic (exact) mass is 260 g/mol. The Morgan fingerprint density at radius 2 is 2.26 bits per heavy atom. The lowest BCUT2D eigenvalue weighted by atomic mass is 9.98. The molecule has 0 aliphatic heterocycles. The smallest absolute Gasteiger partial charge is 0.231 e. The Morgan fingerprint density at radius 3 is 2.89 bits per heavy atom. The van der Waals surface area contributed by atoms with E-state index in [1.807, 2.05) is 25.4 Å². The molecule has 0 amide bonds. The normalized spacial score (nSPS) is 14.3. The van der Waals surface area contributed by atoms with Crippen LogP contribution in [0.2, 0.25) is 0 Å². The molecule has 0 radical (unpaired) electrons. The van der Waals surface area contributed by atoms with Gasteiger partial charge in [-0.25, -0.2) is 0 Å². The zero-order valence-electron chi connectivity index (χ0n) is 11.6. The molecule has 5 nitrogen and oxygen atoms in total. The van der Waals surface area contributed by atoms with Gasteiger partial charge in [-0.1, -0.05) is 18.1 Å². The summed E-state index contributed by atoms with van der Waals surface area (Å²) in [6.45, 7) is 4.25. The van der Waals surface area contributed by atoms with Crippen LogP contribution in [0.1, 0.15) is 43.5 Å². The van der Waals surface area contributed by atoms with Gasteiger partial charge in [-0.3, -0.25) is 4.98 Å². The molecule has 2 rings (SSSR count). The Hall–Kier alpha value is -1.75. The van der Waals surface area contributed by atoms with Gasteiger partial charge in [0.05, 0.1) is 5.92 Å². The number of likely N-dealkylation sites (N-methyl/N-ethyl adjacent to an activating group) is 1. The second-order valence-electron chi connectivity index (χ2n) is 4.68. The molecule has 2 aromatic rings. The quantitative estimate of drug-likeness (QED) is 0.862. The summed E-state index contributed by atoms with van der Waals surface area (Å²) in [4.78, 5) is 8.58. The van der Waals surface area contributed by atoms with E-state index >= 15 is 0 Å². The molecule has 0 aromatic carbocycles. The second-order valence-corrected chi connectivity index (χ2v) is 4.68. The molecule has 102 valence electrons. The first-order valence-corrected chi connectivity index (χ1v) is 6.63. The third-order valence-electron chi connectivity index (χ3n) is 3.38. The van der Waals surface area contributed by atoms with Crippen LogP contribution < -0.4 is 5.32 Å². The van der Waals surface area contributed by atoms with E-state index < -0.39 is 0 Å². The highest BCUT2D eigenvalue weighted by Gasteiger charge is 2.22. The first kappa shape index (κ1) is 13.7. The fraction of sp³-hybridized carbons (Fsp3) is 0.500. The molecule has 0 fully saturated rings. The lowest BCUT2D eigenvalue weighted by Crippen LogP contribution is -2.28. The molecule has 2 atom stereocenters. The molecule has 19 heavy (non-hydrogen) atoms. The van der Waals surface area contributed by atoms with Crippen LogP contribution >= 0.6 is 0 Å². The SMILES string of the molecule is CCC(c1nc(Cc2cccnc2)no1)C(C)NC. The Labute approximate surface area is 113 Å². The van der Waals surface area contributed by atoms with Gasteiger partial charge in [-0.15, -0.1) is 0 Å². The molecule has 5 heteroatoms. The van der Waals surface area contributed by atoms with Gasteiger partial charge in [-0.2, -0.15) is 4.98 Å². The van der Waals surface area contributed by atoms with Crippen LogP contribution in [-0.2, 0) is 6.42 Å². The van der Waals surface area contributed by atoms with E-state index in [4.69, 9.17) is 4.52 Å². The molecule has 0 spiro atoms. The van der Waals surface area contributed by atoms with Crippen molar-refractivity contribution in [2.75, 3.05) is 7.05 Å². The summed E-state index contributed by atoms with van der Waals surface area (Å²) in [7, 11) is 1.94. The summed E-state index contributed by atoms with van der Waals surface area (Å²) in [5.41, 5.74) is 1.09. The maximum atomic E-state index is 5.39. The average molecular weight is 260 g/mol. The largest absolute Gasteiger partial charge is 0.339 e. The number of hydrogen-bond donors (Lipinski definition) is 1. The maximum absolute atomic E-state index is 5.39. The Morgan fingerprint density at radius 1 is 1.42 bits per heavy atom. The predicted molar refractivity (Wildman–Crippen MR) is 72.9 cm³/mol. The summed E-state index contributed by atoms with van der Waals surface area (Å²) in [6.07, 6.45) is 5.20.